The van der Waals surface area contributed by atoms with Gasteiger partial charge in [0.05, 0.1) is 22.5 Å². The molecule has 0 saturated carbocycles. The molecule has 2 aliphatic heterocycles. The summed E-state index contributed by atoms with van der Waals surface area (Å²) in [6.07, 6.45) is 10.2. The van der Waals surface area contributed by atoms with Gasteiger partial charge in [-0.15, -0.1) is 0 Å². The Balaban J connectivity index is 0.00000165. The summed E-state index contributed by atoms with van der Waals surface area (Å²) in [5.74, 6) is -0.334. The number of carbonyl (C=O) groups is 2. The largest absolute Gasteiger partial charge is 0.285 e. The number of ketones is 2. The van der Waals surface area contributed by atoms with Gasteiger partial charge in [-0.25, -0.2) is 9.97 Å². The maximum Gasteiger partial charge on any atom is 0.235 e. The number of benzene rings is 2. The Labute approximate surface area is 242 Å². The molecule has 0 N–H and O–H groups in total. The second-order valence-electron chi connectivity index (χ2n) is 12.0. The highest BCUT2D eigenvalue weighted by Crippen LogP contribution is 2.46. The Kier molecular flexibility index (Phi) is 5.37. The quantitative estimate of drug-likeness (QED) is 0.210. The van der Waals surface area contributed by atoms with Crippen molar-refractivity contribution < 1.29 is 12.4 Å². The molecule has 0 fully saturated rings. The minimum absolute atomic E-state index is 0. The molecule has 204 valence electrons. The summed E-state index contributed by atoms with van der Waals surface area (Å²) < 4.78 is 0. The monoisotopic (exact) mass is 538 g/mol. The zero-order chi connectivity index (χ0) is 27.8. The molecule has 4 heterocycles. The molecular weight excluding hydrogens is 504 g/mol. The summed E-state index contributed by atoms with van der Waals surface area (Å²) in [7, 11) is 0. The van der Waals surface area contributed by atoms with E-state index in [2.05, 4.69) is 62.4 Å². The van der Waals surface area contributed by atoms with Gasteiger partial charge in [-0.1, -0.05) is 73.5 Å². The van der Waals surface area contributed by atoms with E-state index in [1.807, 2.05) is 12.1 Å². The lowest BCUT2D eigenvalue weighted by atomic mass is 9.72. The van der Waals surface area contributed by atoms with Gasteiger partial charge in [0.2, 0.25) is 11.6 Å². The summed E-state index contributed by atoms with van der Waals surface area (Å²) in [5, 5.41) is 0. The standard InChI is InChI=1S/C37H30N2O2.2H2/c1-20-21(2)33-24-9-6-12-28(33)32-16-14-30-35(39-32)34-29(36(40)37(30)41)13-15-31(38-34)27-11-5-8-23-17-22(18-25(20)19-24)7-3-4-10-26(23)27;;/h5-6,8-9,11-17,19-21H,3-4,7,10,18H2,1-2H3;2*1H/b22-17+;;. The Morgan fingerprint density at radius 1 is 0.659 bits per heavy atom. The fourth-order valence-electron chi connectivity index (χ4n) is 7.35. The van der Waals surface area contributed by atoms with E-state index in [4.69, 9.17) is 9.97 Å². The molecule has 12 bridgehead atoms. The van der Waals surface area contributed by atoms with E-state index in [9.17, 15) is 9.59 Å². The van der Waals surface area contributed by atoms with E-state index in [0.29, 0.717) is 34.4 Å². The molecule has 2 unspecified atom stereocenters. The van der Waals surface area contributed by atoms with Crippen molar-refractivity contribution in [1.82, 2.24) is 9.97 Å². The van der Waals surface area contributed by atoms with Crippen LogP contribution in [0.1, 0.15) is 91.3 Å². The molecular formula is C37H34N2O2. The average molecular weight is 539 g/mol. The lowest BCUT2D eigenvalue weighted by Gasteiger charge is -2.32. The van der Waals surface area contributed by atoms with Crippen LogP contribution in [0.5, 0.6) is 0 Å². The number of rotatable bonds is 0. The summed E-state index contributed by atoms with van der Waals surface area (Å²) in [5.41, 5.74) is 13.5. The average Bonchev–Trinajstić information content (AvgIpc) is 2.98. The molecule has 2 atom stereocenters. The van der Waals surface area contributed by atoms with E-state index in [0.717, 1.165) is 54.6 Å². The molecule has 4 nitrogen and oxygen atoms in total. The first-order chi connectivity index (χ1) is 20.0. The Morgan fingerprint density at radius 3 is 2.02 bits per heavy atom. The van der Waals surface area contributed by atoms with Gasteiger partial charge >= 0.3 is 0 Å². The molecule has 0 saturated heterocycles. The number of fused-ring (bicyclic) bond motifs is 1. The highest BCUT2D eigenvalue weighted by atomic mass is 16.2. The second-order valence-corrected chi connectivity index (χ2v) is 12.0. The number of carbonyl (C=O) groups excluding carboxylic acids is 2. The third-order valence-electron chi connectivity index (χ3n) is 9.71. The van der Waals surface area contributed by atoms with Gasteiger partial charge in [0, 0.05) is 14.0 Å². The Bertz CT molecular complexity index is 1910. The van der Waals surface area contributed by atoms with Gasteiger partial charge in [-0.2, -0.15) is 0 Å². The van der Waals surface area contributed by atoms with Crippen molar-refractivity contribution in [1.29, 1.82) is 0 Å². The van der Waals surface area contributed by atoms with E-state index < -0.39 is 11.6 Å². The van der Waals surface area contributed by atoms with Crippen LogP contribution in [-0.2, 0) is 6.42 Å². The molecule has 0 amide bonds. The molecule has 0 spiro atoms. The van der Waals surface area contributed by atoms with Crippen molar-refractivity contribution in [3.05, 3.63) is 105 Å². The number of nitrogens with zero attached hydrogens (tertiary/aromatic N) is 2. The number of hydrogen-bond acceptors (Lipinski definition) is 4. The normalized spacial score (nSPS) is 21.6. The van der Waals surface area contributed by atoms with Gasteiger partial charge in [0.1, 0.15) is 11.4 Å². The third-order valence-corrected chi connectivity index (χ3v) is 9.71. The number of allylic oxidation sites excluding steroid dienone is 2. The number of Topliss-reactive ketones (excluding diaryl/α,β-unsaturated/α-hetero) is 2. The fourth-order valence-corrected chi connectivity index (χ4v) is 7.35. The number of pyridine rings is 2. The third kappa shape index (κ3) is 3.66. The van der Waals surface area contributed by atoms with Crippen LogP contribution in [0.2, 0.25) is 0 Å². The maximum absolute atomic E-state index is 13.2. The number of aromatic nitrogens is 2. The zero-order valence-electron chi connectivity index (χ0n) is 23.3. The second kappa shape index (κ2) is 9.04. The van der Waals surface area contributed by atoms with Crippen LogP contribution >= 0.6 is 0 Å². The Hall–Kier alpha value is -4.44. The molecule has 2 aromatic heterocycles. The van der Waals surface area contributed by atoms with E-state index in [1.165, 1.54) is 33.4 Å². The predicted octanol–water partition coefficient (Wildman–Crippen LogP) is 9.00. The van der Waals surface area contributed by atoms with Gasteiger partial charge < -0.3 is 0 Å². The van der Waals surface area contributed by atoms with Gasteiger partial charge in [0.25, 0.3) is 0 Å². The Morgan fingerprint density at radius 2 is 1.29 bits per heavy atom. The molecule has 0 radical (unpaired) electrons. The van der Waals surface area contributed by atoms with Crippen molar-refractivity contribution in [2.24, 2.45) is 5.92 Å². The highest BCUT2D eigenvalue weighted by molar-refractivity contribution is 6.52. The first-order valence-corrected chi connectivity index (χ1v) is 14.7. The van der Waals surface area contributed by atoms with Gasteiger partial charge in [0.15, 0.2) is 0 Å². The van der Waals surface area contributed by atoms with Crippen LogP contribution in [0.4, 0.5) is 0 Å². The summed E-state index contributed by atoms with van der Waals surface area (Å²) in [6.45, 7) is 4.68. The minimum atomic E-state index is -0.515. The van der Waals surface area contributed by atoms with Crippen LogP contribution in [0.3, 0.4) is 0 Å². The molecule has 4 heteroatoms. The fraction of sp³-hybridized carbons (Fsp3) is 0.243. The number of hydrogen-bond donors (Lipinski definition) is 0. The summed E-state index contributed by atoms with van der Waals surface area (Å²) >= 11 is 0. The molecule has 5 aliphatic rings. The topological polar surface area (TPSA) is 59.9 Å². The molecule has 3 aliphatic carbocycles. The lowest BCUT2D eigenvalue weighted by Crippen LogP contribution is -2.23. The van der Waals surface area contributed by atoms with Crippen LogP contribution in [0.25, 0.3) is 46.1 Å². The zero-order valence-corrected chi connectivity index (χ0v) is 23.3. The van der Waals surface area contributed by atoms with Gasteiger partial charge in [-0.3, -0.25) is 9.59 Å². The van der Waals surface area contributed by atoms with Crippen molar-refractivity contribution in [3.8, 4) is 33.9 Å². The van der Waals surface area contributed by atoms with Crippen LogP contribution in [-0.4, -0.2) is 21.5 Å². The van der Waals surface area contributed by atoms with Crippen LogP contribution < -0.4 is 0 Å². The predicted molar refractivity (Wildman–Crippen MR) is 167 cm³/mol. The van der Waals surface area contributed by atoms with Crippen LogP contribution in [0.15, 0.2) is 71.8 Å². The summed E-state index contributed by atoms with van der Waals surface area (Å²) in [4.78, 5) is 36.5. The summed E-state index contributed by atoms with van der Waals surface area (Å²) in [6, 6.07) is 20.3. The minimum Gasteiger partial charge on any atom is -0.285 e. The van der Waals surface area contributed by atoms with Crippen molar-refractivity contribution in [2.45, 2.75) is 51.9 Å². The van der Waals surface area contributed by atoms with Gasteiger partial charge in [-0.05, 0) is 90.5 Å². The van der Waals surface area contributed by atoms with E-state index in [1.54, 1.807) is 12.1 Å². The van der Waals surface area contributed by atoms with Crippen LogP contribution in [0, 0.1) is 5.92 Å². The molecule has 41 heavy (non-hydrogen) atoms. The van der Waals surface area contributed by atoms with Crippen molar-refractivity contribution in [3.63, 3.8) is 0 Å². The maximum atomic E-state index is 13.2. The molecule has 2 aromatic carbocycles. The van der Waals surface area contributed by atoms with E-state index in [-0.39, 0.29) is 2.85 Å². The smallest absolute Gasteiger partial charge is 0.235 e. The highest BCUT2D eigenvalue weighted by Gasteiger charge is 2.34. The first kappa shape index (κ1) is 24.4. The van der Waals surface area contributed by atoms with E-state index >= 15 is 0 Å². The molecule has 4 aromatic rings. The van der Waals surface area contributed by atoms with Crippen molar-refractivity contribution >= 4 is 23.7 Å². The first-order valence-electron chi connectivity index (χ1n) is 14.7. The SMILES string of the molecule is CC1C2=Cc3cccc(c3C1C)-c1ccc3c(n1)-c1nc(ccc1C(=O)C3=O)-c1cccc3c1CCCC/C(=C\3)C2.[HH].[HH]. The molecule has 9 rings (SSSR count). The lowest BCUT2D eigenvalue weighted by molar-refractivity contribution is 0.0814. The van der Waals surface area contributed by atoms with Crippen molar-refractivity contribution in [2.75, 3.05) is 0 Å².